The zero-order chi connectivity index (χ0) is 50.6. The minimum atomic E-state index is -2.43. The second kappa shape index (κ2) is 25.7. The molecule has 4 aliphatic rings. The third kappa shape index (κ3) is 14.2. The number of hydrogen-bond donors (Lipinski definition) is 2. The fourth-order valence-corrected chi connectivity index (χ4v) is 10.7. The lowest BCUT2D eigenvalue weighted by Crippen LogP contribution is -2.61. The number of aliphatic hydroxyl groups excluding tert-OH is 1. The number of aliphatic hydroxyl groups is 2. The van der Waals surface area contributed by atoms with Crippen LogP contribution >= 0.6 is 0 Å². The average Bonchev–Trinajstić information content (AvgIpc) is 3.88. The molecule has 17 heteroatoms. The SMILES string of the molecule is CO[C@H]1C[C@@H]2CCC(C)[C@@](O)(O2)C(=O)C(=O)N2CCCC[C@H]2C(=O)O[C@H]([C@H](C)C[C@@H]2CC[C@H](n3cnnn3)[C@H](OC)C2)CC(=O)[C@H](C)/C=C(\C)[C@@H](O)[C@@H](OC)C(=O)[C@@H](C)C[C@H](C)/C=C/C=C/C=C/1C. The van der Waals surface area contributed by atoms with Gasteiger partial charge in [0.1, 0.15) is 36.5 Å². The van der Waals surface area contributed by atoms with Crippen LogP contribution in [0.25, 0.3) is 0 Å². The number of ether oxygens (including phenoxy) is 5. The Balaban J connectivity index is 1.46. The number of fused-ring (bicyclic) bond motifs is 3. The quantitative estimate of drug-likeness (QED) is 0.181. The fourth-order valence-electron chi connectivity index (χ4n) is 10.7. The van der Waals surface area contributed by atoms with Crippen LogP contribution in [0.1, 0.15) is 132 Å². The molecule has 2 saturated heterocycles. The number of rotatable bonds is 7. The lowest BCUT2D eigenvalue weighted by molar-refractivity contribution is -0.265. The normalized spacial score (nSPS) is 38.8. The molecular weight excluding hydrogens is 887 g/mol. The predicted octanol–water partition coefficient (Wildman–Crippen LogP) is 6.05. The van der Waals surface area contributed by atoms with E-state index in [1.807, 2.05) is 58.1 Å². The molecule has 0 aromatic carbocycles. The van der Waals surface area contributed by atoms with Gasteiger partial charge in [-0.1, -0.05) is 71.1 Å². The van der Waals surface area contributed by atoms with Crippen LogP contribution in [0.5, 0.6) is 0 Å². The van der Waals surface area contributed by atoms with Crippen molar-refractivity contribution in [2.75, 3.05) is 27.9 Å². The van der Waals surface area contributed by atoms with Gasteiger partial charge in [0.15, 0.2) is 5.78 Å². The number of cyclic esters (lactones) is 1. The Bertz CT molecular complexity index is 2020. The van der Waals surface area contributed by atoms with Crippen LogP contribution in [0.3, 0.4) is 0 Å². The summed E-state index contributed by atoms with van der Waals surface area (Å²) < 4.78 is 31.6. The summed E-state index contributed by atoms with van der Waals surface area (Å²) in [5, 5.41) is 35.2. The molecular formula is C52H79N5O12. The molecule has 5 rings (SSSR count). The number of amides is 1. The van der Waals surface area contributed by atoms with Gasteiger partial charge >= 0.3 is 5.97 Å². The van der Waals surface area contributed by atoms with Crippen molar-refractivity contribution in [2.45, 2.75) is 180 Å². The highest BCUT2D eigenvalue weighted by Gasteiger charge is 2.53. The molecule has 384 valence electrons. The van der Waals surface area contributed by atoms with E-state index >= 15 is 0 Å². The molecule has 69 heavy (non-hydrogen) atoms. The number of aromatic nitrogens is 4. The van der Waals surface area contributed by atoms with Gasteiger partial charge in [-0.2, -0.15) is 0 Å². The van der Waals surface area contributed by atoms with Crippen LogP contribution in [-0.4, -0.2) is 141 Å². The minimum absolute atomic E-state index is 0.0170. The highest BCUT2D eigenvalue weighted by atomic mass is 16.6. The van der Waals surface area contributed by atoms with E-state index in [1.165, 1.54) is 12.0 Å². The number of ketones is 3. The van der Waals surface area contributed by atoms with Gasteiger partial charge in [-0.05, 0) is 117 Å². The summed E-state index contributed by atoms with van der Waals surface area (Å²) >= 11 is 0. The monoisotopic (exact) mass is 966 g/mol. The molecule has 1 aliphatic carbocycles. The first kappa shape index (κ1) is 55.7. The van der Waals surface area contributed by atoms with Crippen molar-refractivity contribution >= 4 is 29.2 Å². The zero-order valence-electron chi connectivity index (χ0n) is 42.5. The number of piperidine rings is 1. The first-order chi connectivity index (χ1) is 32.8. The molecule has 1 amide bonds. The molecule has 2 bridgehead atoms. The molecule has 3 fully saturated rings. The summed E-state index contributed by atoms with van der Waals surface area (Å²) in [6, 6.07) is -1.19. The van der Waals surface area contributed by atoms with Crippen LogP contribution in [-0.2, 0) is 47.7 Å². The highest BCUT2D eigenvalue weighted by Crippen LogP contribution is 2.39. The summed E-state index contributed by atoms with van der Waals surface area (Å²) in [6.45, 7) is 12.8. The Morgan fingerprint density at radius 3 is 2.32 bits per heavy atom. The smallest absolute Gasteiger partial charge is 0.329 e. The van der Waals surface area contributed by atoms with Crippen molar-refractivity contribution < 1.29 is 57.9 Å². The molecule has 2 N–H and O–H groups in total. The summed E-state index contributed by atoms with van der Waals surface area (Å²) in [7, 11) is 4.62. The van der Waals surface area contributed by atoms with Gasteiger partial charge in [-0.3, -0.25) is 19.2 Å². The molecule has 3 aliphatic heterocycles. The number of tetrazole rings is 1. The minimum Gasteiger partial charge on any atom is -0.460 e. The number of carbonyl (C=O) groups is 5. The number of hydrogen-bond acceptors (Lipinski definition) is 15. The maximum atomic E-state index is 14.5. The van der Waals surface area contributed by atoms with Gasteiger partial charge in [0, 0.05) is 58.5 Å². The molecule has 1 aromatic rings. The van der Waals surface area contributed by atoms with Gasteiger partial charge in [-0.15, -0.1) is 5.10 Å². The second-order valence-corrected chi connectivity index (χ2v) is 20.4. The first-order valence-electron chi connectivity index (χ1n) is 25.0. The first-order valence-corrected chi connectivity index (χ1v) is 25.0. The second-order valence-electron chi connectivity index (χ2n) is 20.4. The van der Waals surface area contributed by atoms with Gasteiger partial charge in [0.2, 0.25) is 5.79 Å². The summed E-state index contributed by atoms with van der Waals surface area (Å²) in [4.78, 5) is 72.3. The van der Waals surface area contributed by atoms with Gasteiger partial charge < -0.3 is 38.8 Å². The van der Waals surface area contributed by atoms with Crippen molar-refractivity contribution in [1.82, 2.24) is 25.1 Å². The third-order valence-corrected chi connectivity index (χ3v) is 15.2. The lowest BCUT2D eigenvalue weighted by atomic mass is 9.77. The molecule has 15 atom stereocenters. The van der Waals surface area contributed by atoms with Gasteiger partial charge in [0.25, 0.3) is 11.7 Å². The lowest BCUT2D eigenvalue weighted by Gasteiger charge is -2.42. The predicted molar refractivity (Wildman–Crippen MR) is 256 cm³/mol. The van der Waals surface area contributed by atoms with Gasteiger partial charge in [-0.25, -0.2) is 9.48 Å². The zero-order valence-corrected chi connectivity index (χ0v) is 42.5. The van der Waals surface area contributed by atoms with E-state index in [1.54, 1.807) is 52.1 Å². The summed E-state index contributed by atoms with van der Waals surface area (Å²) in [5.74, 6) is -7.92. The third-order valence-electron chi connectivity index (χ3n) is 15.2. The van der Waals surface area contributed by atoms with Crippen LogP contribution in [0.2, 0.25) is 0 Å². The maximum Gasteiger partial charge on any atom is 0.329 e. The van der Waals surface area contributed by atoms with E-state index in [0.29, 0.717) is 56.9 Å². The van der Waals surface area contributed by atoms with Crippen molar-refractivity contribution in [2.24, 2.45) is 35.5 Å². The largest absolute Gasteiger partial charge is 0.460 e. The van der Waals surface area contributed by atoms with Crippen molar-refractivity contribution in [3.63, 3.8) is 0 Å². The number of allylic oxidation sites excluding steroid dienone is 6. The fraction of sp³-hybridized carbons (Fsp3) is 0.731. The number of Topliss-reactive ketones (excluding diaryl/α,β-unsaturated/α-hetero) is 3. The van der Waals surface area contributed by atoms with Crippen LogP contribution < -0.4 is 0 Å². The summed E-state index contributed by atoms with van der Waals surface area (Å²) in [6.07, 6.45) is 13.9. The molecule has 0 radical (unpaired) electrons. The topological polar surface area (TPSA) is 219 Å². The molecule has 1 saturated carbocycles. The summed E-state index contributed by atoms with van der Waals surface area (Å²) in [5.41, 5.74) is 1.27. The van der Waals surface area contributed by atoms with E-state index in [-0.39, 0.29) is 60.9 Å². The molecule has 1 aromatic heterocycles. The molecule has 0 spiro atoms. The van der Waals surface area contributed by atoms with E-state index in [9.17, 15) is 34.2 Å². The Hall–Kier alpha value is -4.26. The standard InChI is InChI=1S/C52H79N5O12/c1-31-16-12-11-13-17-32(2)43(65-8)28-39-21-19-37(7)52(64,69-39)49(61)50(62)56-23-15-14-18-41(56)51(63)68-44(34(4)26-38-20-22-40(45(27-38)66-9)57-30-53-54-55-57)29-42(58)33(3)25-36(6)47(60)48(67-10)46(59)35(5)24-31/h11-13,16-17,25,30-31,33-35,37-41,43-45,47-48,60,64H,14-15,18-24,26-29H2,1-10H3/b13-11+,16-12+,32-17+,36-25+/t31-,33-,34-,35+,37?,38+,39+,40+,41+,43+,44+,45-,47-,48+,52-/m1/s1. The van der Waals surface area contributed by atoms with E-state index in [4.69, 9.17) is 23.7 Å². The van der Waals surface area contributed by atoms with E-state index < -0.39 is 77.8 Å². The van der Waals surface area contributed by atoms with Crippen molar-refractivity contribution in [3.05, 3.63) is 53.9 Å². The highest BCUT2D eigenvalue weighted by molar-refractivity contribution is 6.39. The number of methoxy groups -OCH3 is 3. The van der Waals surface area contributed by atoms with E-state index in [0.717, 1.165) is 18.4 Å². The van der Waals surface area contributed by atoms with Crippen LogP contribution in [0, 0.1) is 35.5 Å². The van der Waals surface area contributed by atoms with Crippen molar-refractivity contribution in [1.29, 1.82) is 0 Å². The molecule has 1 unspecified atom stereocenters. The Kier molecular flexibility index (Phi) is 20.8. The Morgan fingerprint density at radius 2 is 1.64 bits per heavy atom. The maximum absolute atomic E-state index is 14.5. The molecule has 17 nitrogen and oxygen atoms in total. The Labute approximate surface area is 408 Å². The number of esters is 1. The number of carbonyl (C=O) groups excluding carboxylic acids is 5. The van der Waals surface area contributed by atoms with Crippen LogP contribution in [0.4, 0.5) is 0 Å². The Morgan fingerprint density at radius 1 is 0.884 bits per heavy atom. The average molecular weight is 966 g/mol. The molecule has 4 heterocycles. The van der Waals surface area contributed by atoms with E-state index in [2.05, 4.69) is 15.5 Å². The van der Waals surface area contributed by atoms with Crippen molar-refractivity contribution in [3.8, 4) is 0 Å². The van der Waals surface area contributed by atoms with Gasteiger partial charge in [0.05, 0.1) is 24.4 Å². The van der Waals surface area contributed by atoms with Crippen LogP contribution in [0.15, 0.2) is 53.9 Å². The number of nitrogens with zero attached hydrogens (tertiary/aromatic N) is 5.